The Labute approximate surface area is 173 Å². The maximum absolute atomic E-state index is 12.5. The van der Waals surface area contributed by atoms with Gasteiger partial charge in [0.25, 0.3) is 11.8 Å². The Morgan fingerprint density at radius 1 is 0.967 bits per heavy atom. The lowest BCUT2D eigenvalue weighted by Crippen LogP contribution is -2.28. The van der Waals surface area contributed by atoms with Gasteiger partial charge in [-0.2, -0.15) is 0 Å². The van der Waals surface area contributed by atoms with Crippen LogP contribution in [0.15, 0.2) is 55.0 Å². The number of nitrogens with zero attached hydrogens (tertiary/aromatic N) is 3. The second-order valence-corrected chi connectivity index (χ2v) is 6.84. The second-order valence-electron chi connectivity index (χ2n) is 6.84. The summed E-state index contributed by atoms with van der Waals surface area (Å²) in [7, 11) is 0. The summed E-state index contributed by atoms with van der Waals surface area (Å²) in [5, 5.41) is 5.61. The van der Waals surface area contributed by atoms with E-state index in [0.29, 0.717) is 26.1 Å². The van der Waals surface area contributed by atoms with Gasteiger partial charge < -0.3 is 15.4 Å². The van der Waals surface area contributed by atoms with Crippen LogP contribution in [0.3, 0.4) is 0 Å². The lowest BCUT2D eigenvalue weighted by Gasteiger charge is -2.08. The molecular formula is C22H21N5O3. The molecule has 8 heteroatoms. The van der Waals surface area contributed by atoms with E-state index in [4.69, 9.17) is 4.74 Å². The monoisotopic (exact) mass is 403 g/mol. The highest BCUT2D eigenvalue weighted by molar-refractivity contribution is 5.97. The molecule has 8 nitrogen and oxygen atoms in total. The van der Waals surface area contributed by atoms with E-state index in [-0.39, 0.29) is 23.2 Å². The largest absolute Gasteiger partial charge is 0.493 e. The van der Waals surface area contributed by atoms with Crippen LogP contribution < -0.4 is 15.4 Å². The Hall–Kier alpha value is -3.81. The number of hydrogen-bond acceptors (Lipinski definition) is 6. The first-order chi connectivity index (χ1) is 14.7. The molecule has 0 spiro atoms. The Morgan fingerprint density at radius 3 is 2.60 bits per heavy atom. The molecule has 2 N–H and O–H groups in total. The first kappa shape index (κ1) is 19.5. The normalized spacial score (nSPS) is 12.0. The molecule has 1 aliphatic heterocycles. The van der Waals surface area contributed by atoms with Gasteiger partial charge >= 0.3 is 0 Å². The first-order valence-electron chi connectivity index (χ1n) is 9.72. The van der Waals surface area contributed by atoms with E-state index < -0.39 is 0 Å². The van der Waals surface area contributed by atoms with Crippen LogP contribution in [0, 0.1) is 0 Å². The molecule has 30 heavy (non-hydrogen) atoms. The van der Waals surface area contributed by atoms with Gasteiger partial charge in [0.05, 0.1) is 6.61 Å². The van der Waals surface area contributed by atoms with Crippen molar-refractivity contribution in [2.45, 2.75) is 19.4 Å². The predicted octanol–water partition coefficient (Wildman–Crippen LogP) is 1.71. The quantitative estimate of drug-likeness (QED) is 0.622. The number of pyridine rings is 1. The molecule has 2 amide bonds. The fourth-order valence-electron chi connectivity index (χ4n) is 3.17. The van der Waals surface area contributed by atoms with Gasteiger partial charge in [-0.25, -0.2) is 9.97 Å². The predicted molar refractivity (Wildman–Crippen MR) is 109 cm³/mol. The standard InChI is InChI=1S/C22H21N5O3/c28-21(24-9-6-17-3-1-2-8-23-17)18-12-19(27-14-26-18)22(29)25-13-15-4-5-20-16(11-15)7-10-30-20/h1-5,8,11-12,14H,6-7,9-10,13H2,(H,24,28)(H,25,29). The number of fused-ring (bicyclic) bond motifs is 1. The van der Waals surface area contributed by atoms with Crippen LogP contribution in [-0.2, 0) is 19.4 Å². The first-order valence-corrected chi connectivity index (χ1v) is 9.72. The van der Waals surface area contributed by atoms with Crippen molar-refractivity contribution in [1.29, 1.82) is 0 Å². The van der Waals surface area contributed by atoms with Gasteiger partial charge in [0.2, 0.25) is 0 Å². The molecule has 0 aliphatic carbocycles. The molecule has 0 atom stereocenters. The van der Waals surface area contributed by atoms with Crippen molar-refractivity contribution in [3.05, 3.63) is 83.2 Å². The second kappa shape index (κ2) is 9.13. The third kappa shape index (κ3) is 4.78. The summed E-state index contributed by atoms with van der Waals surface area (Å²) in [5.41, 5.74) is 3.30. The molecule has 1 aliphatic rings. The van der Waals surface area contributed by atoms with Crippen LogP contribution >= 0.6 is 0 Å². The average molecular weight is 403 g/mol. The van der Waals surface area contributed by atoms with E-state index in [1.54, 1.807) is 6.20 Å². The van der Waals surface area contributed by atoms with Crippen LogP contribution in [0.2, 0.25) is 0 Å². The fraction of sp³-hybridized carbons (Fsp3) is 0.227. The number of ether oxygens (including phenoxy) is 1. The van der Waals surface area contributed by atoms with Gasteiger partial charge in [-0.15, -0.1) is 0 Å². The molecule has 2 aromatic heterocycles. The molecule has 0 radical (unpaired) electrons. The Morgan fingerprint density at radius 2 is 1.80 bits per heavy atom. The van der Waals surface area contributed by atoms with E-state index in [1.807, 2.05) is 36.4 Å². The molecule has 4 rings (SSSR count). The average Bonchev–Trinajstić information content (AvgIpc) is 3.26. The van der Waals surface area contributed by atoms with Gasteiger partial charge in [0.15, 0.2) is 0 Å². The number of carbonyl (C=O) groups excluding carboxylic acids is 2. The highest BCUT2D eigenvalue weighted by Gasteiger charge is 2.15. The van der Waals surface area contributed by atoms with Crippen molar-refractivity contribution in [3.63, 3.8) is 0 Å². The van der Waals surface area contributed by atoms with Crippen molar-refractivity contribution in [3.8, 4) is 5.75 Å². The molecule has 0 saturated carbocycles. The van der Waals surface area contributed by atoms with E-state index >= 15 is 0 Å². The van der Waals surface area contributed by atoms with Gasteiger partial charge in [-0.1, -0.05) is 18.2 Å². The molecule has 0 fully saturated rings. The van der Waals surface area contributed by atoms with Crippen molar-refractivity contribution in [2.75, 3.05) is 13.2 Å². The molecular weight excluding hydrogens is 382 g/mol. The third-order valence-electron chi connectivity index (χ3n) is 4.73. The summed E-state index contributed by atoms with van der Waals surface area (Å²) < 4.78 is 5.49. The summed E-state index contributed by atoms with van der Waals surface area (Å²) in [5.74, 6) is 0.178. The number of amides is 2. The van der Waals surface area contributed by atoms with Crippen LogP contribution in [0.5, 0.6) is 5.75 Å². The third-order valence-corrected chi connectivity index (χ3v) is 4.73. The summed E-state index contributed by atoms with van der Waals surface area (Å²) in [4.78, 5) is 37.0. The van der Waals surface area contributed by atoms with Gasteiger partial charge in [-0.3, -0.25) is 14.6 Å². The van der Waals surface area contributed by atoms with Crippen LogP contribution in [0.1, 0.15) is 37.8 Å². The number of rotatable bonds is 7. The summed E-state index contributed by atoms with van der Waals surface area (Å²) in [6.45, 7) is 1.48. The van der Waals surface area contributed by atoms with Crippen LogP contribution in [-0.4, -0.2) is 39.9 Å². The highest BCUT2D eigenvalue weighted by atomic mass is 16.5. The number of aromatic nitrogens is 3. The molecule has 0 bridgehead atoms. The molecule has 0 saturated heterocycles. The molecule has 0 unspecified atom stereocenters. The lowest BCUT2D eigenvalue weighted by atomic mass is 10.1. The lowest BCUT2D eigenvalue weighted by molar-refractivity contribution is 0.0945. The van der Waals surface area contributed by atoms with Gasteiger partial charge in [0.1, 0.15) is 23.5 Å². The minimum atomic E-state index is -0.364. The minimum Gasteiger partial charge on any atom is -0.493 e. The smallest absolute Gasteiger partial charge is 0.270 e. The van der Waals surface area contributed by atoms with Crippen molar-refractivity contribution in [2.24, 2.45) is 0 Å². The summed E-state index contributed by atoms with van der Waals surface area (Å²) in [6.07, 6.45) is 4.41. The maximum Gasteiger partial charge on any atom is 0.270 e. The summed E-state index contributed by atoms with van der Waals surface area (Å²) in [6, 6.07) is 12.9. The SMILES string of the molecule is O=C(NCCc1ccccn1)c1cc(C(=O)NCc2ccc3c(c2)CCO3)ncn1. The fourth-order valence-corrected chi connectivity index (χ4v) is 3.17. The molecule has 3 heterocycles. The van der Waals surface area contributed by atoms with E-state index in [1.165, 1.54) is 12.4 Å². The zero-order valence-corrected chi connectivity index (χ0v) is 16.3. The zero-order chi connectivity index (χ0) is 20.8. The highest BCUT2D eigenvalue weighted by Crippen LogP contribution is 2.25. The Balaban J connectivity index is 1.31. The van der Waals surface area contributed by atoms with E-state index in [9.17, 15) is 9.59 Å². The molecule has 1 aromatic carbocycles. The zero-order valence-electron chi connectivity index (χ0n) is 16.3. The summed E-state index contributed by atoms with van der Waals surface area (Å²) >= 11 is 0. The van der Waals surface area contributed by atoms with Crippen LogP contribution in [0.25, 0.3) is 0 Å². The van der Waals surface area contributed by atoms with Gasteiger partial charge in [-0.05, 0) is 29.3 Å². The Bertz CT molecular complexity index is 1060. The van der Waals surface area contributed by atoms with E-state index in [0.717, 1.165) is 29.0 Å². The number of nitrogens with one attached hydrogen (secondary N) is 2. The Kier molecular flexibility index (Phi) is 5.93. The maximum atomic E-state index is 12.5. The molecule has 3 aromatic rings. The molecule has 152 valence electrons. The van der Waals surface area contributed by atoms with Gasteiger partial charge in [0, 0.05) is 43.9 Å². The van der Waals surface area contributed by atoms with E-state index in [2.05, 4.69) is 25.6 Å². The number of hydrogen-bond donors (Lipinski definition) is 2. The van der Waals surface area contributed by atoms with Crippen molar-refractivity contribution >= 4 is 11.8 Å². The van der Waals surface area contributed by atoms with Crippen molar-refractivity contribution in [1.82, 2.24) is 25.6 Å². The van der Waals surface area contributed by atoms with Crippen LogP contribution in [0.4, 0.5) is 0 Å². The topological polar surface area (TPSA) is 106 Å². The number of carbonyl (C=O) groups is 2. The number of benzene rings is 1. The minimum absolute atomic E-state index is 0.143. The van der Waals surface area contributed by atoms with Crippen molar-refractivity contribution < 1.29 is 14.3 Å².